The van der Waals surface area contributed by atoms with Gasteiger partial charge in [-0.05, 0) is 25.0 Å². The van der Waals surface area contributed by atoms with Crippen LogP contribution in [0.2, 0.25) is 0 Å². The second-order valence-corrected chi connectivity index (χ2v) is 3.82. The van der Waals surface area contributed by atoms with Gasteiger partial charge in [-0.3, -0.25) is 4.79 Å². The number of aromatic hydroxyl groups is 1. The largest absolute Gasteiger partial charge is 0.506 e. The molecule has 1 amide bonds. The predicted octanol–water partition coefficient (Wildman–Crippen LogP) is 2.97. The number of phenols is 1. The smallest absolute Gasteiger partial charge is 0.227 e. The molecule has 3 heteroatoms. The molecule has 87 valence electrons. The van der Waals surface area contributed by atoms with Crippen LogP contribution in [-0.2, 0) is 4.79 Å². The van der Waals surface area contributed by atoms with Crippen LogP contribution >= 0.6 is 0 Å². The lowest BCUT2D eigenvalue weighted by atomic mass is 10.0. The third-order valence-electron chi connectivity index (χ3n) is 2.38. The highest BCUT2D eigenvalue weighted by molar-refractivity contribution is 5.94. The highest BCUT2D eigenvalue weighted by Crippen LogP contribution is 2.22. The number of carbonyl (C=O) groups is 1. The zero-order valence-corrected chi connectivity index (χ0v) is 9.73. The van der Waals surface area contributed by atoms with Crippen LogP contribution in [0.3, 0.4) is 0 Å². The first kappa shape index (κ1) is 12.6. The zero-order chi connectivity index (χ0) is 12.0. The van der Waals surface area contributed by atoms with Gasteiger partial charge in [0.15, 0.2) is 0 Å². The van der Waals surface area contributed by atoms with Gasteiger partial charge in [0.05, 0.1) is 5.69 Å². The van der Waals surface area contributed by atoms with E-state index in [0.717, 1.165) is 12.8 Å². The van der Waals surface area contributed by atoms with E-state index in [2.05, 4.69) is 12.2 Å². The number of unbranched alkanes of at least 4 members (excludes halogenated alkanes) is 1. The van der Waals surface area contributed by atoms with Crippen LogP contribution in [-0.4, -0.2) is 11.0 Å². The molecule has 0 fully saturated rings. The van der Waals surface area contributed by atoms with E-state index in [0.29, 0.717) is 5.69 Å². The number of rotatable bonds is 5. The van der Waals surface area contributed by atoms with E-state index in [9.17, 15) is 9.90 Å². The third kappa shape index (κ3) is 3.57. The van der Waals surface area contributed by atoms with Crippen molar-refractivity contribution in [2.24, 2.45) is 5.92 Å². The van der Waals surface area contributed by atoms with Gasteiger partial charge in [0.2, 0.25) is 5.91 Å². The number of benzene rings is 1. The Kier molecular flexibility index (Phi) is 4.83. The van der Waals surface area contributed by atoms with Crippen LogP contribution in [0.15, 0.2) is 24.3 Å². The van der Waals surface area contributed by atoms with Gasteiger partial charge in [0.1, 0.15) is 5.75 Å². The van der Waals surface area contributed by atoms with Gasteiger partial charge in [-0.15, -0.1) is 0 Å². The number of phenolic OH excluding ortho intramolecular Hbond substituents is 1. The lowest BCUT2D eigenvalue weighted by Crippen LogP contribution is -2.20. The predicted molar refractivity (Wildman–Crippen MR) is 65.1 cm³/mol. The third-order valence-corrected chi connectivity index (χ3v) is 2.38. The van der Waals surface area contributed by atoms with Gasteiger partial charge in [0.25, 0.3) is 0 Å². The average Bonchev–Trinajstić information content (AvgIpc) is 2.28. The molecular formula is C13H18NO2. The molecule has 0 bridgehead atoms. The van der Waals surface area contributed by atoms with Crippen LogP contribution in [0.1, 0.15) is 26.7 Å². The van der Waals surface area contributed by atoms with Crippen LogP contribution in [0.4, 0.5) is 5.69 Å². The van der Waals surface area contributed by atoms with Gasteiger partial charge in [-0.2, -0.15) is 0 Å². The second kappa shape index (κ2) is 6.16. The van der Waals surface area contributed by atoms with E-state index in [4.69, 9.17) is 0 Å². The summed E-state index contributed by atoms with van der Waals surface area (Å²) in [6, 6.07) is 6.73. The summed E-state index contributed by atoms with van der Waals surface area (Å²) in [6.45, 7) is 3.93. The maximum atomic E-state index is 11.7. The Hall–Kier alpha value is -1.51. The molecule has 1 aromatic carbocycles. The summed E-state index contributed by atoms with van der Waals surface area (Å²) in [5.41, 5.74) is 0.462. The van der Waals surface area contributed by atoms with Crippen LogP contribution in [0.5, 0.6) is 5.75 Å². The fourth-order valence-corrected chi connectivity index (χ4v) is 1.35. The highest BCUT2D eigenvalue weighted by atomic mass is 16.3. The molecule has 1 unspecified atom stereocenters. The Balaban J connectivity index is 2.54. The summed E-state index contributed by atoms with van der Waals surface area (Å²) < 4.78 is 0. The Labute approximate surface area is 96.5 Å². The molecule has 2 N–H and O–H groups in total. The molecule has 16 heavy (non-hydrogen) atoms. The molecule has 0 aliphatic rings. The summed E-state index contributed by atoms with van der Waals surface area (Å²) in [4.78, 5) is 11.7. The van der Waals surface area contributed by atoms with Crippen molar-refractivity contribution in [3.63, 3.8) is 0 Å². The lowest BCUT2D eigenvalue weighted by molar-refractivity contribution is -0.118. The summed E-state index contributed by atoms with van der Waals surface area (Å²) in [7, 11) is 0. The molecular weight excluding hydrogens is 202 g/mol. The highest BCUT2D eigenvalue weighted by Gasteiger charge is 2.13. The Morgan fingerprint density at radius 1 is 1.50 bits per heavy atom. The number of anilines is 1. The minimum atomic E-state index is -0.139. The van der Waals surface area contributed by atoms with Crippen LogP contribution in [0.25, 0.3) is 0 Å². The van der Waals surface area contributed by atoms with E-state index in [1.165, 1.54) is 0 Å². The number of amides is 1. The Morgan fingerprint density at radius 3 is 2.81 bits per heavy atom. The number of hydrogen-bond acceptors (Lipinski definition) is 2. The Morgan fingerprint density at radius 2 is 2.19 bits per heavy atom. The average molecular weight is 220 g/mol. The monoisotopic (exact) mass is 220 g/mol. The van der Waals surface area contributed by atoms with E-state index in [-0.39, 0.29) is 17.6 Å². The lowest BCUT2D eigenvalue weighted by Gasteiger charge is -2.12. The van der Waals surface area contributed by atoms with Crippen LogP contribution < -0.4 is 5.32 Å². The van der Waals surface area contributed by atoms with Gasteiger partial charge >= 0.3 is 0 Å². The van der Waals surface area contributed by atoms with E-state index >= 15 is 0 Å². The van der Waals surface area contributed by atoms with Crippen molar-refractivity contribution in [3.05, 3.63) is 30.7 Å². The van der Waals surface area contributed by atoms with E-state index in [1.54, 1.807) is 24.3 Å². The molecule has 0 spiro atoms. The van der Waals surface area contributed by atoms with Crippen molar-refractivity contribution in [1.29, 1.82) is 0 Å². The van der Waals surface area contributed by atoms with Gasteiger partial charge in [-0.25, -0.2) is 0 Å². The quantitative estimate of drug-likeness (QED) is 0.749. The first-order valence-corrected chi connectivity index (χ1v) is 5.57. The van der Waals surface area contributed by atoms with Crippen molar-refractivity contribution in [2.45, 2.75) is 26.7 Å². The summed E-state index contributed by atoms with van der Waals surface area (Å²) in [5.74, 6) is -0.131. The first-order valence-electron chi connectivity index (χ1n) is 5.57. The van der Waals surface area contributed by atoms with Gasteiger partial charge in [0, 0.05) is 5.92 Å². The number of nitrogens with one attached hydrogen (secondary N) is 1. The molecule has 0 saturated heterocycles. The fourth-order valence-electron chi connectivity index (χ4n) is 1.35. The summed E-state index contributed by atoms with van der Waals surface area (Å²) in [6.07, 6.45) is 3.94. The van der Waals surface area contributed by atoms with Crippen molar-refractivity contribution in [1.82, 2.24) is 0 Å². The van der Waals surface area contributed by atoms with Crippen LogP contribution in [0, 0.1) is 12.3 Å². The second-order valence-electron chi connectivity index (χ2n) is 3.82. The zero-order valence-electron chi connectivity index (χ0n) is 9.73. The Bertz CT molecular complexity index is 350. The van der Waals surface area contributed by atoms with Crippen molar-refractivity contribution in [3.8, 4) is 5.75 Å². The minimum Gasteiger partial charge on any atom is -0.506 e. The molecule has 0 aliphatic heterocycles. The van der Waals surface area contributed by atoms with Crippen molar-refractivity contribution in [2.75, 3.05) is 5.32 Å². The molecule has 1 atom stereocenters. The first-order chi connectivity index (χ1) is 7.65. The van der Waals surface area contributed by atoms with Gasteiger partial charge in [-0.1, -0.05) is 32.4 Å². The maximum absolute atomic E-state index is 11.7. The molecule has 0 heterocycles. The minimum absolute atomic E-state index is 0.0880. The number of carbonyl (C=O) groups excluding carboxylic acids is 1. The molecule has 1 aromatic rings. The van der Waals surface area contributed by atoms with Crippen molar-refractivity contribution < 1.29 is 9.90 Å². The SMILES string of the molecule is CCC[CH]C(C)C(=O)Nc1ccccc1O. The number of hydrogen-bond donors (Lipinski definition) is 2. The van der Waals surface area contributed by atoms with E-state index < -0.39 is 0 Å². The summed E-state index contributed by atoms with van der Waals surface area (Å²) >= 11 is 0. The van der Waals surface area contributed by atoms with Crippen molar-refractivity contribution >= 4 is 11.6 Å². The molecule has 1 radical (unpaired) electrons. The molecule has 1 rings (SSSR count). The van der Waals surface area contributed by atoms with E-state index in [1.807, 2.05) is 13.3 Å². The fraction of sp³-hybridized carbons (Fsp3) is 0.385. The van der Waals surface area contributed by atoms with Gasteiger partial charge < -0.3 is 10.4 Å². The molecule has 0 aromatic heterocycles. The molecule has 0 aliphatic carbocycles. The summed E-state index contributed by atoms with van der Waals surface area (Å²) in [5, 5.41) is 12.2. The standard InChI is InChI=1S/C13H18NO2/c1-3-4-7-10(2)13(16)14-11-8-5-6-9-12(11)15/h5-10,15H,3-4H2,1-2H3,(H,14,16). The molecule has 3 nitrogen and oxygen atoms in total. The maximum Gasteiger partial charge on any atom is 0.227 e. The topological polar surface area (TPSA) is 49.3 Å². The normalized spacial score (nSPS) is 12.1. The number of para-hydroxylation sites is 2. The molecule has 0 saturated carbocycles.